The molecule has 1 amide bonds. The lowest BCUT2D eigenvalue weighted by Crippen LogP contribution is -2.15. The largest absolute Gasteiger partial charge is 0.451 e. The Labute approximate surface area is 148 Å². The fourth-order valence-corrected chi connectivity index (χ4v) is 2.76. The van der Waals surface area contributed by atoms with Crippen LogP contribution < -0.4 is 10.7 Å². The predicted molar refractivity (Wildman–Crippen MR) is 98.7 cm³/mol. The van der Waals surface area contributed by atoms with Gasteiger partial charge in [-0.1, -0.05) is 18.2 Å². The average Bonchev–Trinajstić information content (AvgIpc) is 3.08. The summed E-state index contributed by atoms with van der Waals surface area (Å²) in [6.07, 6.45) is 1.71. The Morgan fingerprint density at radius 1 is 1.08 bits per heavy atom. The predicted octanol–water partition coefficient (Wildman–Crippen LogP) is 3.54. The van der Waals surface area contributed by atoms with Crippen molar-refractivity contribution in [2.45, 2.75) is 6.92 Å². The molecule has 0 atom stereocenters. The summed E-state index contributed by atoms with van der Waals surface area (Å²) in [5, 5.41) is 7.46. The number of aromatic nitrogens is 2. The molecule has 6 nitrogen and oxygen atoms in total. The first kappa shape index (κ1) is 15.8. The average molecular weight is 345 g/mol. The van der Waals surface area contributed by atoms with Gasteiger partial charge < -0.3 is 9.73 Å². The van der Waals surface area contributed by atoms with E-state index in [1.807, 2.05) is 25.1 Å². The first-order valence-electron chi connectivity index (χ1n) is 8.07. The van der Waals surface area contributed by atoms with Crippen LogP contribution >= 0.6 is 0 Å². The number of carbonyl (C=O) groups is 1. The third-order valence-electron chi connectivity index (χ3n) is 4.04. The molecule has 2 aromatic heterocycles. The van der Waals surface area contributed by atoms with Gasteiger partial charge >= 0.3 is 0 Å². The number of hydrogen-bond acceptors (Lipinski definition) is 4. The van der Waals surface area contributed by atoms with E-state index in [9.17, 15) is 9.59 Å². The molecule has 0 saturated heterocycles. The van der Waals surface area contributed by atoms with Gasteiger partial charge in [0.25, 0.3) is 5.91 Å². The van der Waals surface area contributed by atoms with E-state index in [1.54, 1.807) is 47.3 Å². The lowest BCUT2D eigenvalue weighted by molar-refractivity contribution is 0.0997. The van der Waals surface area contributed by atoms with Crippen LogP contribution in [0.1, 0.15) is 16.2 Å². The second-order valence-corrected chi connectivity index (χ2v) is 5.86. The molecule has 0 fully saturated rings. The molecule has 128 valence electrons. The van der Waals surface area contributed by atoms with E-state index in [0.29, 0.717) is 16.7 Å². The summed E-state index contributed by atoms with van der Waals surface area (Å²) >= 11 is 0. The van der Waals surface area contributed by atoms with E-state index >= 15 is 0 Å². The summed E-state index contributed by atoms with van der Waals surface area (Å²) in [5.74, 6) is -0.517. The van der Waals surface area contributed by atoms with Gasteiger partial charge in [-0.2, -0.15) is 5.10 Å². The van der Waals surface area contributed by atoms with Gasteiger partial charge in [0.15, 0.2) is 11.2 Å². The summed E-state index contributed by atoms with van der Waals surface area (Å²) < 4.78 is 7.34. The molecular weight excluding hydrogens is 330 g/mol. The highest BCUT2D eigenvalue weighted by Crippen LogP contribution is 2.17. The Hall–Kier alpha value is -3.67. The van der Waals surface area contributed by atoms with Crippen LogP contribution in [0.15, 0.2) is 76.1 Å². The van der Waals surface area contributed by atoms with Gasteiger partial charge in [-0.05, 0) is 43.3 Å². The molecule has 0 bridgehead atoms. The van der Waals surface area contributed by atoms with Crippen LogP contribution in [0.5, 0.6) is 0 Å². The van der Waals surface area contributed by atoms with Crippen LogP contribution in [0.4, 0.5) is 5.69 Å². The Morgan fingerprint density at radius 2 is 1.92 bits per heavy atom. The highest BCUT2D eigenvalue weighted by Gasteiger charge is 2.13. The molecule has 1 N–H and O–H groups in total. The Morgan fingerprint density at radius 3 is 2.73 bits per heavy atom. The molecule has 0 saturated carbocycles. The second kappa shape index (κ2) is 6.33. The van der Waals surface area contributed by atoms with Crippen LogP contribution in [0, 0.1) is 6.92 Å². The molecule has 0 aliphatic heterocycles. The topological polar surface area (TPSA) is 77.1 Å². The highest BCUT2D eigenvalue weighted by atomic mass is 16.3. The second-order valence-electron chi connectivity index (χ2n) is 5.86. The lowest BCUT2D eigenvalue weighted by atomic mass is 10.2. The molecule has 0 aliphatic carbocycles. The summed E-state index contributed by atoms with van der Waals surface area (Å²) in [6.45, 7) is 1.95. The molecule has 0 spiro atoms. The van der Waals surface area contributed by atoms with Crippen LogP contribution in [0.25, 0.3) is 16.7 Å². The molecule has 2 heterocycles. The number of carbonyl (C=O) groups excluding carboxylic acids is 1. The molecule has 2 aromatic carbocycles. The van der Waals surface area contributed by atoms with Gasteiger partial charge in [-0.25, -0.2) is 4.68 Å². The van der Waals surface area contributed by atoms with Crippen molar-refractivity contribution < 1.29 is 9.21 Å². The maximum Gasteiger partial charge on any atom is 0.291 e. The molecule has 6 heteroatoms. The molecular formula is C20H15N3O3. The van der Waals surface area contributed by atoms with Gasteiger partial charge in [-0.3, -0.25) is 9.59 Å². The van der Waals surface area contributed by atoms with Crippen molar-refractivity contribution >= 4 is 22.6 Å². The number of hydrogen-bond donors (Lipinski definition) is 1. The number of fused-ring (bicyclic) bond motifs is 1. The van der Waals surface area contributed by atoms with Crippen molar-refractivity contribution in [3.8, 4) is 5.69 Å². The third-order valence-corrected chi connectivity index (χ3v) is 4.04. The Bertz CT molecular complexity index is 1170. The van der Waals surface area contributed by atoms with Gasteiger partial charge in [-0.15, -0.1) is 0 Å². The van der Waals surface area contributed by atoms with Crippen molar-refractivity contribution in [1.29, 1.82) is 0 Å². The SMILES string of the molecule is Cc1ccnn1-c1cccc(NC(=O)c2cc(=O)c3ccccc3o2)c1. The summed E-state index contributed by atoms with van der Waals surface area (Å²) in [7, 11) is 0. The summed E-state index contributed by atoms with van der Waals surface area (Å²) in [4.78, 5) is 24.7. The number of benzene rings is 2. The molecule has 0 aliphatic rings. The maximum absolute atomic E-state index is 12.5. The summed E-state index contributed by atoms with van der Waals surface area (Å²) in [5.41, 5.74) is 2.52. The zero-order valence-corrected chi connectivity index (χ0v) is 14.0. The third kappa shape index (κ3) is 2.88. The van der Waals surface area contributed by atoms with Crippen LogP contribution in [-0.2, 0) is 0 Å². The molecule has 4 rings (SSSR count). The number of para-hydroxylation sites is 1. The quantitative estimate of drug-likeness (QED) is 0.616. The molecule has 26 heavy (non-hydrogen) atoms. The fourth-order valence-electron chi connectivity index (χ4n) is 2.76. The van der Waals surface area contributed by atoms with Gasteiger partial charge in [0.2, 0.25) is 0 Å². The number of amides is 1. The number of rotatable bonds is 3. The lowest BCUT2D eigenvalue weighted by Gasteiger charge is -2.09. The van der Waals surface area contributed by atoms with Crippen molar-refractivity contribution in [3.05, 3.63) is 88.5 Å². The minimum absolute atomic E-state index is 0.0330. The molecule has 0 unspecified atom stereocenters. The van der Waals surface area contributed by atoms with Crippen LogP contribution in [-0.4, -0.2) is 15.7 Å². The monoisotopic (exact) mass is 345 g/mol. The van der Waals surface area contributed by atoms with E-state index < -0.39 is 5.91 Å². The van der Waals surface area contributed by atoms with E-state index in [-0.39, 0.29) is 11.2 Å². The Kier molecular flexibility index (Phi) is 3.85. The minimum atomic E-state index is -0.484. The van der Waals surface area contributed by atoms with Gasteiger partial charge in [0.1, 0.15) is 5.58 Å². The number of nitrogens with one attached hydrogen (secondary N) is 1. The van der Waals surface area contributed by atoms with Crippen LogP contribution in [0.2, 0.25) is 0 Å². The minimum Gasteiger partial charge on any atom is -0.451 e. The van der Waals surface area contributed by atoms with E-state index in [0.717, 1.165) is 11.4 Å². The highest BCUT2D eigenvalue weighted by molar-refractivity contribution is 6.03. The Balaban J connectivity index is 1.65. The van der Waals surface area contributed by atoms with Crippen molar-refractivity contribution in [2.75, 3.05) is 5.32 Å². The van der Waals surface area contributed by atoms with Gasteiger partial charge in [0, 0.05) is 23.6 Å². The van der Waals surface area contributed by atoms with E-state index in [1.165, 1.54) is 6.07 Å². The van der Waals surface area contributed by atoms with Gasteiger partial charge in [0.05, 0.1) is 11.1 Å². The molecule has 4 aromatic rings. The zero-order chi connectivity index (χ0) is 18.1. The number of anilines is 1. The fraction of sp³-hybridized carbons (Fsp3) is 0.0500. The van der Waals surface area contributed by atoms with Crippen molar-refractivity contribution in [3.63, 3.8) is 0 Å². The number of aryl methyl sites for hydroxylation is 1. The zero-order valence-electron chi connectivity index (χ0n) is 14.0. The molecule has 0 radical (unpaired) electrons. The maximum atomic E-state index is 12.5. The first-order valence-corrected chi connectivity index (χ1v) is 8.07. The standard InChI is InChI=1S/C20H15N3O3/c1-13-9-10-21-23(13)15-6-4-5-14(11-15)22-20(25)19-12-17(24)16-7-2-3-8-18(16)26-19/h2-12H,1H3,(H,22,25). The van der Waals surface area contributed by atoms with E-state index in [2.05, 4.69) is 10.4 Å². The normalized spacial score (nSPS) is 10.8. The van der Waals surface area contributed by atoms with E-state index in [4.69, 9.17) is 4.42 Å². The smallest absolute Gasteiger partial charge is 0.291 e. The van der Waals surface area contributed by atoms with Crippen LogP contribution in [0.3, 0.4) is 0 Å². The number of nitrogens with zero attached hydrogens (tertiary/aromatic N) is 2. The van der Waals surface area contributed by atoms with Crippen molar-refractivity contribution in [2.24, 2.45) is 0 Å². The first-order chi connectivity index (χ1) is 12.6. The summed E-state index contributed by atoms with van der Waals surface area (Å²) in [6, 6.07) is 17.2. The van der Waals surface area contributed by atoms with Crippen molar-refractivity contribution in [1.82, 2.24) is 9.78 Å².